The highest BCUT2D eigenvalue weighted by Crippen LogP contribution is 2.75. The highest BCUT2D eigenvalue weighted by Gasteiger charge is 2.84. The van der Waals surface area contributed by atoms with Crippen LogP contribution in [0.3, 0.4) is 0 Å². The first-order chi connectivity index (χ1) is 9.21. The maximum Gasteiger partial charge on any atom is 0.184 e. The summed E-state index contributed by atoms with van der Waals surface area (Å²) < 4.78 is 11.9. The van der Waals surface area contributed by atoms with Crippen LogP contribution in [0, 0.1) is 17.8 Å². The smallest absolute Gasteiger partial charge is 0.184 e. The molecule has 1 N–H and O–H groups in total. The first kappa shape index (κ1) is 14.1. The molecule has 1 aromatic rings. The van der Waals surface area contributed by atoms with Crippen LogP contribution in [0.5, 0.6) is 0 Å². The van der Waals surface area contributed by atoms with E-state index in [4.69, 9.17) is 9.47 Å². The topological polar surface area (TPSA) is 38.7 Å². The van der Waals surface area contributed by atoms with Crippen molar-refractivity contribution in [2.24, 2.45) is 10.8 Å². The fourth-order valence-corrected chi connectivity index (χ4v) is 4.70. The number of hydrogen-bond donors (Lipinski definition) is 1. The van der Waals surface area contributed by atoms with E-state index in [2.05, 4.69) is 6.07 Å². The van der Waals surface area contributed by atoms with Crippen molar-refractivity contribution >= 4 is 0 Å². The molecule has 2 aliphatic rings. The second-order valence-electron chi connectivity index (χ2n) is 7.14. The van der Waals surface area contributed by atoms with E-state index in [0.717, 1.165) is 11.1 Å². The molecule has 0 radical (unpaired) electrons. The molecule has 1 saturated heterocycles. The van der Waals surface area contributed by atoms with Crippen LogP contribution in [0.1, 0.15) is 38.8 Å². The van der Waals surface area contributed by atoms with Gasteiger partial charge < -0.3 is 14.6 Å². The second kappa shape index (κ2) is 3.85. The highest BCUT2D eigenvalue weighted by atomic mass is 16.7. The Bertz CT molecular complexity index is 521. The van der Waals surface area contributed by atoms with Gasteiger partial charge in [0.15, 0.2) is 5.79 Å². The third kappa shape index (κ3) is 1.23. The van der Waals surface area contributed by atoms with Gasteiger partial charge in [0.1, 0.15) is 5.60 Å². The fraction of sp³-hybridized carbons (Fsp3) is 0.647. The van der Waals surface area contributed by atoms with Crippen molar-refractivity contribution in [1.29, 1.82) is 0 Å². The zero-order valence-electron chi connectivity index (χ0n) is 13.0. The van der Waals surface area contributed by atoms with Gasteiger partial charge in [-0.3, -0.25) is 0 Å². The molecule has 0 aromatic heterocycles. The molecule has 2 fully saturated rings. The van der Waals surface area contributed by atoms with Crippen molar-refractivity contribution in [3.8, 4) is 0 Å². The summed E-state index contributed by atoms with van der Waals surface area (Å²) in [5.74, 6) is -0.710. The molecular formula is C17H24O3. The zero-order valence-corrected chi connectivity index (χ0v) is 13.0. The maximum absolute atomic E-state index is 11.5. The van der Waals surface area contributed by atoms with Gasteiger partial charge in [0.25, 0.3) is 0 Å². The van der Waals surface area contributed by atoms with Gasteiger partial charge >= 0.3 is 0 Å². The summed E-state index contributed by atoms with van der Waals surface area (Å²) in [5, 5.41) is 11.5. The van der Waals surface area contributed by atoms with Gasteiger partial charge in [0.05, 0.1) is 24.0 Å². The minimum Gasteiger partial charge on any atom is -0.384 e. The summed E-state index contributed by atoms with van der Waals surface area (Å²) in [4.78, 5) is 0. The van der Waals surface area contributed by atoms with Crippen LogP contribution in [0.25, 0.3) is 0 Å². The van der Waals surface area contributed by atoms with Crippen LogP contribution in [0.2, 0.25) is 0 Å². The molecule has 110 valence electrons. The van der Waals surface area contributed by atoms with Crippen molar-refractivity contribution in [2.45, 2.75) is 46.0 Å². The fourth-order valence-electron chi connectivity index (χ4n) is 4.70. The Morgan fingerprint density at radius 2 is 1.55 bits per heavy atom. The summed E-state index contributed by atoms with van der Waals surface area (Å²) in [6.45, 7) is 11.4. The summed E-state index contributed by atoms with van der Waals surface area (Å²) in [6.07, 6.45) is 0. The van der Waals surface area contributed by atoms with E-state index < -0.39 is 22.2 Å². The van der Waals surface area contributed by atoms with Gasteiger partial charge in [-0.1, -0.05) is 57.5 Å². The van der Waals surface area contributed by atoms with Gasteiger partial charge in [-0.05, 0) is 12.5 Å². The van der Waals surface area contributed by atoms with E-state index in [0.29, 0.717) is 13.2 Å². The third-order valence-electron chi connectivity index (χ3n) is 5.58. The summed E-state index contributed by atoms with van der Waals surface area (Å²) in [6, 6.07) is 8.10. The standard InChI is InChI=1S/C17H24O3/c1-12-7-6-8-13(11-12)16(18)14(2,3)17(15(16,4)5)19-9-10-20-17/h6-8,11,18H,9-10H2,1-5H3. The van der Waals surface area contributed by atoms with Gasteiger partial charge in [0, 0.05) is 0 Å². The minimum atomic E-state index is -0.976. The third-order valence-corrected chi connectivity index (χ3v) is 5.58. The van der Waals surface area contributed by atoms with E-state index in [-0.39, 0.29) is 0 Å². The van der Waals surface area contributed by atoms with Crippen molar-refractivity contribution < 1.29 is 14.6 Å². The van der Waals surface area contributed by atoms with Crippen LogP contribution in [-0.2, 0) is 15.1 Å². The number of aliphatic hydroxyl groups is 1. The molecule has 3 rings (SSSR count). The lowest BCUT2D eigenvalue weighted by Gasteiger charge is -2.73. The van der Waals surface area contributed by atoms with E-state index in [1.165, 1.54) is 0 Å². The maximum atomic E-state index is 11.5. The van der Waals surface area contributed by atoms with Crippen LogP contribution in [-0.4, -0.2) is 24.1 Å². The van der Waals surface area contributed by atoms with Crippen LogP contribution >= 0.6 is 0 Å². The number of ether oxygens (including phenoxy) is 2. The lowest BCUT2D eigenvalue weighted by atomic mass is 9.38. The Hall–Kier alpha value is -0.900. The molecule has 1 aliphatic heterocycles. The number of benzene rings is 1. The molecule has 0 bridgehead atoms. The van der Waals surface area contributed by atoms with E-state index in [1.54, 1.807) is 0 Å². The zero-order chi connectivity index (χ0) is 14.8. The molecule has 0 atom stereocenters. The molecule has 20 heavy (non-hydrogen) atoms. The lowest BCUT2D eigenvalue weighted by Crippen LogP contribution is -2.82. The molecule has 0 unspecified atom stereocenters. The average molecular weight is 276 g/mol. The Kier molecular flexibility index (Phi) is 2.70. The molecule has 1 heterocycles. The van der Waals surface area contributed by atoms with Crippen molar-refractivity contribution in [1.82, 2.24) is 0 Å². The first-order valence-corrected chi connectivity index (χ1v) is 7.28. The minimum absolute atomic E-state index is 0.506. The molecule has 0 amide bonds. The van der Waals surface area contributed by atoms with Crippen molar-refractivity contribution in [2.75, 3.05) is 13.2 Å². The van der Waals surface area contributed by atoms with Crippen LogP contribution in [0.4, 0.5) is 0 Å². The Morgan fingerprint density at radius 3 is 2.05 bits per heavy atom. The number of rotatable bonds is 1. The molecular weight excluding hydrogens is 252 g/mol. The average Bonchev–Trinajstić information content (AvgIpc) is 2.89. The van der Waals surface area contributed by atoms with Crippen LogP contribution in [0.15, 0.2) is 24.3 Å². The Labute approximate surface area is 120 Å². The molecule has 1 aromatic carbocycles. The highest BCUT2D eigenvalue weighted by molar-refractivity contribution is 5.40. The SMILES string of the molecule is Cc1cccc(C2(O)C(C)(C)C3(OCCO3)C2(C)C)c1. The van der Waals surface area contributed by atoms with Gasteiger partial charge in [-0.2, -0.15) is 0 Å². The summed E-state index contributed by atoms with van der Waals surface area (Å²) in [5.41, 5.74) is 0.103. The van der Waals surface area contributed by atoms with Gasteiger partial charge in [-0.25, -0.2) is 0 Å². The van der Waals surface area contributed by atoms with Crippen molar-refractivity contribution in [3.63, 3.8) is 0 Å². The largest absolute Gasteiger partial charge is 0.384 e. The molecule has 1 aliphatic carbocycles. The predicted octanol–water partition coefficient (Wildman–Crippen LogP) is 2.99. The Morgan fingerprint density at radius 1 is 1.00 bits per heavy atom. The molecule has 3 nitrogen and oxygen atoms in total. The Balaban J connectivity index is 2.15. The van der Waals surface area contributed by atoms with Gasteiger partial charge in [-0.15, -0.1) is 0 Å². The summed E-state index contributed by atoms with van der Waals surface area (Å²) >= 11 is 0. The molecule has 3 heteroatoms. The number of aryl methyl sites for hydroxylation is 1. The normalized spacial score (nSPS) is 28.3. The quantitative estimate of drug-likeness (QED) is 0.857. The molecule has 1 saturated carbocycles. The monoisotopic (exact) mass is 276 g/mol. The van der Waals surface area contributed by atoms with Crippen molar-refractivity contribution in [3.05, 3.63) is 35.4 Å². The molecule has 1 spiro atoms. The van der Waals surface area contributed by atoms with E-state index in [9.17, 15) is 5.11 Å². The summed E-state index contributed by atoms with van der Waals surface area (Å²) in [7, 11) is 0. The first-order valence-electron chi connectivity index (χ1n) is 7.28. The predicted molar refractivity (Wildman–Crippen MR) is 77.3 cm³/mol. The van der Waals surface area contributed by atoms with Crippen LogP contribution < -0.4 is 0 Å². The number of hydrogen-bond acceptors (Lipinski definition) is 3. The van der Waals surface area contributed by atoms with Gasteiger partial charge in [0.2, 0.25) is 0 Å². The second-order valence-corrected chi connectivity index (χ2v) is 7.14. The van der Waals surface area contributed by atoms with E-state index in [1.807, 2.05) is 52.8 Å². The van der Waals surface area contributed by atoms with E-state index >= 15 is 0 Å². The lowest BCUT2D eigenvalue weighted by molar-refractivity contribution is -0.457.